The summed E-state index contributed by atoms with van der Waals surface area (Å²) in [6.07, 6.45) is -0.753. The van der Waals surface area contributed by atoms with E-state index in [4.69, 9.17) is 15.6 Å². The van der Waals surface area contributed by atoms with Gasteiger partial charge in [0, 0.05) is 28.8 Å². The van der Waals surface area contributed by atoms with Crippen molar-refractivity contribution in [2.45, 2.75) is 71.1 Å². The topological polar surface area (TPSA) is 147 Å². The number of hydrogen-bond donors (Lipinski definition) is 4. The van der Waals surface area contributed by atoms with E-state index in [1.165, 1.54) is 17.4 Å². The first-order chi connectivity index (χ1) is 17.0. The third-order valence-corrected chi connectivity index (χ3v) is 6.57. The predicted molar refractivity (Wildman–Crippen MR) is 137 cm³/mol. The molecule has 2 rings (SSSR count). The van der Waals surface area contributed by atoms with Crippen LogP contribution in [0, 0.1) is 5.92 Å². The Hall–Kier alpha value is -2.84. The van der Waals surface area contributed by atoms with Gasteiger partial charge in [-0.25, -0.2) is 4.79 Å². The van der Waals surface area contributed by atoms with E-state index in [1.54, 1.807) is 17.4 Å². The van der Waals surface area contributed by atoms with Crippen LogP contribution in [0.5, 0.6) is 0 Å². The summed E-state index contributed by atoms with van der Waals surface area (Å²) in [5, 5.41) is 24.2. The Morgan fingerprint density at radius 3 is 2.27 bits per heavy atom. The van der Waals surface area contributed by atoms with Crippen LogP contribution in [0.1, 0.15) is 50.9 Å². The zero-order valence-corrected chi connectivity index (χ0v) is 22.8. The van der Waals surface area contributed by atoms with E-state index in [-0.39, 0.29) is 23.3 Å². The number of thiophene rings is 1. The van der Waals surface area contributed by atoms with Gasteiger partial charge in [0.2, 0.25) is 16.9 Å². The molecule has 2 amide bonds. The Morgan fingerprint density at radius 1 is 1.19 bits per heavy atom. The second kappa shape index (κ2) is 14.2. The maximum absolute atomic E-state index is 12.5. The molecule has 2 atom stereocenters. The van der Waals surface area contributed by atoms with Crippen molar-refractivity contribution in [1.82, 2.24) is 15.5 Å². The highest BCUT2D eigenvalue weighted by molar-refractivity contribution is 7.15. The number of anilines is 1. The van der Waals surface area contributed by atoms with Gasteiger partial charge in [0.05, 0.1) is 6.04 Å². The minimum absolute atomic E-state index is 0.120. The lowest BCUT2D eigenvalue weighted by Gasteiger charge is -2.19. The number of alkyl halides is 3. The highest BCUT2D eigenvalue weighted by Gasteiger charge is 2.38. The first-order valence-electron chi connectivity index (χ1n) is 11.2. The summed E-state index contributed by atoms with van der Waals surface area (Å²) >= 11 is 2.94. The largest absolute Gasteiger partial charge is 0.490 e. The van der Waals surface area contributed by atoms with E-state index in [0.717, 1.165) is 9.88 Å². The molecular weight excluding hydrogens is 531 g/mol. The number of nitrogens with zero attached hydrogens (tertiary/aromatic N) is 2. The molecule has 37 heavy (non-hydrogen) atoms. The van der Waals surface area contributed by atoms with Gasteiger partial charge in [-0.2, -0.15) is 13.2 Å². The standard InChI is InChI=1S/C21H31N5O2S2.C2HF3O2/c1-13(2)11-14(23-18(28)16(22)12-15-7-6-10-29-15)8-9-17(27)24-20-26-25-19(30-20)21(3,4)5;3-2(4,5)1(6)7/h6-10,13-14,16H,11-12,22H2,1-5H3,(H,23,28)(H,24,26,27);(H,6,7)/t14-,16+;/m1./s1. The summed E-state index contributed by atoms with van der Waals surface area (Å²) in [6.45, 7) is 10.3. The lowest BCUT2D eigenvalue weighted by atomic mass is 9.98. The molecule has 0 aliphatic heterocycles. The second-order valence-electron chi connectivity index (χ2n) is 9.45. The number of carbonyl (C=O) groups is 3. The molecule has 2 heterocycles. The van der Waals surface area contributed by atoms with Gasteiger partial charge in [0.1, 0.15) is 5.01 Å². The van der Waals surface area contributed by atoms with E-state index in [2.05, 4.69) is 34.7 Å². The van der Waals surface area contributed by atoms with Crippen molar-refractivity contribution in [3.63, 3.8) is 0 Å². The number of halogens is 3. The molecule has 0 fully saturated rings. The molecule has 2 aromatic rings. The number of hydrogen-bond acceptors (Lipinski definition) is 8. The van der Waals surface area contributed by atoms with Crippen molar-refractivity contribution in [2.24, 2.45) is 11.7 Å². The van der Waals surface area contributed by atoms with Gasteiger partial charge in [-0.05, 0) is 23.8 Å². The van der Waals surface area contributed by atoms with Crippen LogP contribution in [-0.2, 0) is 26.2 Å². The summed E-state index contributed by atoms with van der Waals surface area (Å²) in [4.78, 5) is 34.8. The number of carbonyl (C=O) groups excluding carboxylic acids is 2. The van der Waals surface area contributed by atoms with Gasteiger partial charge < -0.3 is 16.2 Å². The van der Waals surface area contributed by atoms with Crippen molar-refractivity contribution < 1.29 is 32.7 Å². The number of aliphatic carboxylic acids is 1. The van der Waals surface area contributed by atoms with Gasteiger partial charge in [-0.15, -0.1) is 21.5 Å². The highest BCUT2D eigenvalue weighted by Crippen LogP contribution is 2.27. The van der Waals surface area contributed by atoms with Crippen molar-refractivity contribution in [3.05, 3.63) is 39.5 Å². The van der Waals surface area contributed by atoms with E-state index in [0.29, 0.717) is 23.9 Å². The molecule has 0 saturated carbocycles. The van der Waals surface area contributed by atoms with Crippen LogP contribution >= 0.6 is 22.7 Å². The van der Waals surface area contributed by atoms with Crippen molar-refractivity contribution in [3.8, 4) is 0 Å². The molecule has 5 N–H and O–H groups in total. The molecule has 0 aliphatic rings. The number of aromatic nitrogens is 2. The van der Waals surface area contributed by atoms with E-state index in [1.807, 2.05) is 38.3 Å². The van der Waals surface area contributed by atoms with Crippen LogP contribution in [0.4, 0.5) is 18.3 Å². The maximum Gasteiger partial charge on any atom is 0.490 e. The second-order valence-corrected chi connectivity index (χ2v) is 11.5. The SMILES string of the molecule is CC(C)C[C@@H](C=CC(=O)Nc1nnc(C(C)(C)C)s1)NC(=O)[C@@H](N)Cc1cccs1.O=C(O)C(F)(F)F. The summed E-state index contributed by atoms with van der Waals surface area (Å²) < 4.78 is 31.7. The Balaban J connectivity index is 0.000000856. The van der Waals surface area contributed by atoms with Crippen molar-refractivity contribution >= 4 is 45.6 Å². The molecular formula is C23H32F3N5O4S2. The molecule has 0 aliphatic carbocycles. The number of amides is 2. The number of carboxylic acids is 1. The molecule has 0 unspecified atom stereocenters. The van der Waals surface area contributed by atoms with E-state index < -0.39 is 18.2 Å². The quantitative estimate of drug-likeness (QED) is 0.336. The minimum Gasteiger partial charge on any atom is -0.475 e. The summed E-state index contributed by atoms with van der Waals surface area (Å²) in [6, 6.07) is 3.00. The Bertz CT molecular complexity index is 1050. The Labute approximate surface area is 221 Å². The van der Waals surface area contributed by atoms with Crippen LogP contribution < -0.4 is 16.4 Å². The first-order valence-corrected chi connectivity index (χ1v) is 12.9. The third kappa shape index (κ3) is 12.8. The van der Waals surface area contributed by atoms with Gasteiger partial charge in [-0.1, -0.05) is 58.1 Å². The number of carboxylic acid groups (broad SMARTS) is 1. The lowest BCUT2D eigenvalue weighted by molar-refractivity contribution is -0.192. The fraction of sp³-hybridized carbons (Fsp3) is 0.522. The molecule has 0 radical (unpaired) electrons. The average Bonchev–Trinajstić information content (AvgIpc) is 3.43. The van der Waals surface area contributed by atoms with Crippen LogP contribution in [0.15, 0.2) is 29.7 Å². The normalized spacial score (nSPS) is 13.6. The van der Waals surface area contributed by atoms with E-state index >= 15 is 0 Å². The fourth-order valence-electron chi connectivity index (χ4n) is 2.65. The zero-order valence-electron chi connectivity index (χ0n) is 21.1. The van der Waals surface area contributed by atoms with E-state index in [9.17, 15) is 22.8 Å². The average molecular weight is 564 g/mol. The monoisotopic (exact) mass is 563 g/mol. The predicted octanol–water partition coefficient (Wildman–Crippen LogP) is 4.13. The molecule has 0 spiro atoms. The van der Waals surface area contributed by atoms with Crippen molar-refractivity contribution in [2.75, 3.05) is 5.32 Å². The number of nitrogens with two attached hydrogens (primary N) is 1. The van der Waals surface area contributed by atoms with Gasteiger partial charge in [-0.3, -0.25) is 14.9 Å². The lowest BCUT2D eigenvalue weighted by Crippen LogP contribution is -2.46. The Kier molecular flexibility index (Phi) is 12.3. The number of rotatable bonds is 9. The molecule has 206 valence electrons. The minimum atomic E-state index is -5.08. The van der Waals surface area contributed by atoms with Crippen molar-refractivity contribution in [1.29, 1.82) is 0 Å². The number of nitrogens with one attached hydrogen (secondary N) is 2. The summed E-state index contributed by atoms with van der Waals surface area (Å²) in [5.74, 6) is -2.95. The van der Waals surface area contributed by atoms with Crippen LogP contribution in [0.25, 0.3) is 0 Å². The smallest absolute Gasteiger partial charge is 0.475 e. The molecule has 0 aromatic carbocycles. The third-order valence-electron chi connectivity index (χ3n) is 4.41. The zero-order chi connectivity index (χ0) is 28.4. The summed E-state index contributed by atoms with van der Waals surface area (Å²) in [7, 11) is 0. The van der Waals surface area contributed by atoms with Gasteiger partial charge in [0.25, 0.3) is 0 Å². The Morgan fingerprint density at radius 2 is 1.81 bits per heavy atom. The van der Waals surface area contributed by atoms with Crippen LogP contribution in [0.3, 0.4) is 0 Å². The molecule has 0 saturated heterocycles. The summed E-state index contributed by atoms with van der Waals surface area (Å²) in [5.41, 5.74) is 5.94. The van der Waals surface area contributed by atoms with Gasteiger partial charge >= 0.3 is 12.1 Å². The van der Waals surface area contributed by atoms with Gasteiger partial charge in [0.15, 0.2) is 0 Å². The molecule has 0 bridgehead atoms. The molecule has 9 nitrogen and oxygen atoms in total. The van der Waals surface area contributed by atoms with Crippen LogP contribution in [-0.4, -0.2) is 51.3 Å². The van der Waals surface area contributed by atoms with Crippen LogP contribution in [0.2, 0.25) is 0 Å². The highest BCUT2D eigenvalue weighted by atomic mass is 32.1. The fourth-order valence-corrected chi connectivity index (χ4v) is 4.22. The maximum atomic E-state index is 12.5. The first kappa shape index (κ1) is 32.2. The molecule has 14 heteroatoms. The molecule has 2 aromatic heterocycles.